The van der Waals surface area contributed by atoms with E-state index in [1.807, 2.05) is 26.0 Å². The maximum absolute atomic E-state index is 12.0. The number of alkyl halides is 1. The smallest absolute Gasteiger partial charge is 0.231 e. The molecule has 1 aliphatic rings. The number of rotatable bonds is 4. The molecule has 1 aromatic rings. The Bertz CT molecular complexity index is 453. The van der Waals surface area contributed by atoms with Gasteiger partial charge in [0, 0.05) is 19.0 Å². The highest BCUT2D eigenvalue weighted by Gasteiger charge is 2.26. The third-order valence-electron chi connectivity index (χ3n) is 3.63. The standard InChI is InChI=1S/C15H22ClN3O/c1-15(2,11-16)14(20)18-12-6-7-13(17-10-12)19-8-4-3-5-9-19/h6-7,10H,3-5,8-9,11H2,1-2H3,(H,18,20). The lowest BCUT2D eigenvalue weighted by atomic mass is 9.95. The second-order valence-corrected chi connectivity index (χ2v) is 6.19. The summed E-state index contributed by atoms with van der Waals surface area (Å²) in [6.07, 6.45) is 5.47. The molecule has 0 radical (unpaired) electrons. The number of pyridine rings is 1. The lowest BCUT2D eigenvalue weighted by Crippen LogP contribution is -2.32. The molecular weight excluding hydrogens is 274 g/mol. The van der Waals surface area contributed by atoms with E-state index >= 15 is 0 Å². The van der Waals surface area contributed by atoms with Crippen molar-refractivity contribution in [3.05, 3.63) is 18.3 Å². The van der Waals surface area contributed by atoms with Crippen LogP contribution in [0.15, 0.2) is 18.3 Å². The number of nitrogens with one attached hydrogen (secondary N) is 1. The maximum Gasteiger partial charge on any atom is 0.231 e. The molecule has 1 N–H and O–H groups in total. The minimum absolute atomic E-state index is 0.0833. The van der Waals surface area contributed by atoms with Crippen molar-refractivity contribution < 1.29 is 4.79 Å². The fourth-order valence-electron chi connectivity index (χ4n) is 2.13. The summed E-state index contributed by atoms with van der Waals surface area (Å²) in [5.74, 6) is 1.19. The molecule has 1 fully saturated rings. The Labute approximate surface area is 125 Å². The first-order chi connectivity index (χ1) is 9.53. The molecule has 5 heteroatoms. The number of hydrogen-bond acceptors (Lipinski definition) is 3. The van der Waals surface area contributed by atoms with Gasteiger partial charge in [0.05, 0.1) is 17.3 Å². The zero-order valence-electron chi connectivity index (χ0n) is 12.2. The van der Waals surface area contributed by atoms with Crippen LogP contribution in [0.4, 0.5) is 11.5 Å². The van der Waals surface area contributed by atoms with Gasteiger partial charge in [-0.15, -0.1) is 11.6 Å². The molecule has 110 valence electrons. The number of aromatic nitrogens is 1. The molecule has 0 aromatic carbocycles. The van der Waals surface area contributed by atoms with Gasteiger partial charge < -0.3 is 10.2 Å². The van der Waals surface area contributed by atoms with E-state index in [4.69, 9.17) is 11.6 Å². The van der Waals surface area contributed by atoms with Gasteiger partial charge in [-0.2, -0.15) is 0 Å². The van der Waals surface area contributed by atoms with Crippen LogP contribution in [-0.4, -0.2) is 29.9 Å². The number of nitrogens with zero attached hydrogens (tertiary/aromatic N) is 2. The summed E-state index contributed by atoms with van der Waals surface area (Å²) in [6.45, 7) is 5.78. The van der Waals surface area contributed by atoms with E-state index in [0.717, 1.165) is 18.9 Å². The van der Waals surface area contributed by atoms with Crippen molar-refractivity contribution in [3.63, 3.8) is 0 Å². The van der Waals surface area contributed by atoms with Crippen LogP contribution in [0.3, 0.4) is 0 Å². The molecule has 0 aliphatic carbocycles. The molecule has 0 saturated carbocycles. The number of halogens is 1. The predicted molar refractivity (Wildman–Crippen MR) is 83.4 cm³/mol. The molecule has 0 spiro atoms. The van der Waals surface area contributed by atoms with Crippen LogP contribution in [0.2, 0.25) is 0 Å². The van der Waals surface area contributed by atoms with Crippen molar-refractivity contribution in [2.24, 2.45) is 5.41 Å². The number of amides is 1. The van der Waals surface area contributed by atoms with Crippen molar-refractivity contribution in [2.45, 2.75) is 33.1 Å². The van der Waals surface area contributed by atoms with Gasteiger partial charge in [-0.1, -0.05) is 0 Å². The zero-order valence-corrected chi connectivity index (χ0v) is 12.9. The summed E-state index contributed by atoms with van der Waals surface area (Å²) >= 11 is 5.80. The molecule has 0 bridgehead atoms. The van der Waals surface area contributed by atoms with Crippen molar-refractivity contribution >= 4 is 29.0 Å². The van der Waals surface area contributed by atoms with Gasteiger partial charge in [-0.05, 0) is 45.2 Å². The number of carbonyl (C=O) groups excluding carboxylic acids is 1. The fourth-order valence-corrected chi connectivity index (χ4v) is 2.25. The minimum atomic E-state index is -0.576. The Morgan fingerprint density at radius 3 is 2.60 bits per heavy atom. The summed E-state index contributed by atoms with van der Waals surface area (Å²) < 4.78 is 0. The first-order valence-electron chi connectivity index (χ1n) is 7.11. The van der Waals surface area contributed by atoms with Crippen LogP contribution in [0.1, 0.15) is 33.1 Å². The van der Waals surface area contributed by atoms with E-state index in [2.05, 4.69) is 15.2 Å². The number of piperidine rings is 1. The molecular formula is C15H22ClN3O. The van der Waals surface area contributed by atoms with Crippen LogP contribution in [-0.2, 0) is 4.79 Å². The molecule has 0 atom stereocenters. The summed E-state index contributed by atoms with van der Waals surface area (Å²) in [6, 6.07) is 3.87. The van der Waals surface area contributed by atoms with Crippen LogP contribution in [0, 0.1) is 5.41 Å². The SMILES string of the molecule is CC(C)(CCl)C(=O)Nc1ccc(N2CCCCC2)nc1. The van der Waals surface area contributed by atoms with Gasteiger partial charge in [0.25, 0.3) is 0 Å². The first-order valence-corrected chi connectivity index (χ1v) is 7.65. The highest BCUT2D eigenvalue weighted by molar-refractivity contribution is 6.20. The van der Waals surface area contributed by atoms with Crippen molar-refractivity contribution in [1.29, 1.82) is 0 Å². The highest BCUT2D eigenvalue weighted by Crippen LogP contribution is 2.22. The maximum atomic E-state index is 12.0. The van der Waals surface area contributed by atoms with Gasteiger partial charge >= 0.3 is 0 Å². The Balaban J connectivity index is 1.99. The number of hydrogen-bond donors (Lipinski definition) is 1. The molecule has 2 heterocycles. The van der Waals surface area contributed by atoms with Gasteiger partial charge in [0.1, 0.15) is 5.82 Å². The Hall–Kier alpha value is -1.29. The second kappa shape index (κ2) is 6.44. The van der Waals surface area contributed by atoms with Crippen LogP contribution in [0.5, 0.6) is 0 Å². The molecule has 4 nitrogen and oxygen atoms in total. The van der Waals surface area contributed by atoms with Crippen molar-refractivity contribution in [2.75, 3.05) is 29.2 Å². The Kier molecular flexibility index (Phi) is 4.86. The molecule has 1 aromatic heterocycles. The topological polar surface area (TPSA) is 45.2 Å². The van der Waals surface area contributed by atoms with Crippen LogP contribution < -0.4 is 10.2 Å². The average molecular weight is 296 g/mol. The van der Waals surface area contributed by atoms with E-state index in [1.54, 1.807) is 6.20 Å². The van der Waals surface area contributed by atoms with Crippen LogP contribution >= 0.6 is 11.6 Å². The lowest BCUT2D eigenvalue weighted by Gasteiger charge is -2.27. The van der Waals surface area contributed by atoms with E-state index < -0.39 is 5.41 Å². The highest BCUT2D eigenvalue weighted by atomic mass is 35.5. The van der Waals surface area contributed by atoms with E-state index in [0.29, 0.717) is 5.69 Å². The van der Waals surface area contributed by atoms with Crippen LogP contribution in [0.25, 0.3) is 0 Å². The van der Waals surface area contributed by atoms with Gasteiger partial charge in [-0.3, -0.25) is 4.79 Å². The average Bonchev–Trinajstić information content (AvgIpc) is 2.49. The summed E-state index contributed by atoms with van der Waals surface area (Å²) in [5, 5.41) is 2.86. The van der Waals surface area contributed by atoms with E-state index in [-0.39, 0.29) is 11.8 Å². The summed E-state index contributed by atoms with van der Waals surface area (Å²) in [5.41, 5.74) is 0.140. The first kappa shape index (κ1) is 15.1. The number of carbonyl (C=O) groups is 1. The van der Waals surface area contributed by atoms with Gasteiger partial charge in [0.15, 0.2) is 0 Å². The number of anilines is 2. The van der Waals surface area contributed by atoms with E-state index in [1.165, 1.54) is 19.3 Å². The Morgan fingerprint density at radius 1 is 1.35 bits per heavy atom. The Morgan fingerprint density at radius 2 is 2.05 bits per heavy atom. The van der Waals surface area contributed by atoms with E-state index in [9.17, 15) is 4.79 Å². The predicted octanol–water partition coefficient (Wildman–Crippen LogP) is 3.28. The third kappa shape index (κ3) is 3.63. The quantitative estimate of drug-likeness (QED) is 0.867. The van der Waals surface area contributed by atoms with Gasteiger partial charge in [-0.25, -0.2) is 4.98 Å². The van der Waals surface area contributed by atoms with Crippen molar-refractivity contribution in [3.8, 4) is 0 Å². The normalized spacial score (nSPS) is 16.1. The minimum Gasteiger partial charge on any atom is -0.357 e. The molecule has 0 unspecified atom stereocenters. The molecule has 1 aliphatic heterocycles. The fraction of sp³-hybridized carbons (Fsp3) is 0.600. The zero-order chi connectivity index (χ0) is 14.6. The summed E-state index contributed by atoms with van der Waals surface area (Å²) in [4.78, 5) is 18.7. The van der Waals surface area contributed by atoms with Crippen molar-refractivity contribution in [1.82, 2.24) is 4.98 Å². The largest absolute Gasteiger partial charge is 0.357 e. The molecule has 20 heavy (non-hydrogen) atoms. The lowest BCUT2D eigenvalue weighted by molar-refractivity contribution is -0.122. The molecule has 2 rings (SSSR count). The second-order valence-electron chi connectivity index (χ2n) is 5.92. The van der Waals surface area contributed by atoms with Gasteiger partial charge in [0.2, 0.25) is 5.91 Å². The molecule has 1 amide bonds. The monoisotopic (exact) mass is 295 g/mol. The third-order valence-corrected chi connectivity index (χ3v) is 4.30. The summed E-state index contributed by atoms with van der Waals surface area (Å²) in [7, 11) is 0. The molecule has 1 saturated heterocycles.